The predicted molar refractivity (Wildman–Crippen MR) is 71.7 cm³/mol. The summed E-state index contributed by atoms with van der Waals surface area (Å²) in [5, 5.41) is 0.312. The van der Waals surface area contributed by atoms with Crippen LogP contribution in [0.1, 0.15) is 22.7 Å². The molecule has 0 bridgehead atoms. The van der Waals surface area contributed by atoms with Gasteiger partial charge in [-0.15, -0.1) is 0 Å². The molecule has 0 aliphatic rings. The third-order valence-electron chi connectivity index (χ3n) is 2.96. The van der Waals surface area contributed by atoms with Gasteiger partial charge in [0.25, 0.3) is 0 Å². The average molecular weight is 283 g/mol. The second-order valence-electron chi connectivity index (χ2n) is 4.27. The Hall–Kier alpha value is -1.49. The van der Waals surface area contributed by atoms with Gasteiger partial charge in [-0.05, 0) is 36.2 Å². The molecule has 1 unspecified atom stereocenters. The number of benzene rings is 2. The smallest absolute Gasteiger partial charge is 0.129 e. The zero-order valence-corrected chi connectivity index (χ0v) is 11.0. The highest BCUT2D eigenvalue weighted by Crippen LogP contribution is 2.26. The number of hydrogen-bond donors (Lipinski definition) is 2. The van der Waals surface area contributed by atoms with Crippen LogP contribution in [0.5, 0.6) is 0 Å². The van der Waals surface area contributed by atoms with Crippen molar-refractivity contribution in [2.45, 2.75) is 13.0 Å². The van der Waals surface area contributed by atoms with Crippen molar-refractivity contribution in [1.82, 2.24) is 5.43 Å². The fraction of sp³-hybridized carbons (Fsp3) is 0.143. The molecule has 1 atom stereocenters. The van der Waals surface area contributed by atoms with Crippen LogP contribution in [0.15, 0.2) is 36.4 Å². The van der Waals surface area contributed by atoms with Gasteiger partial charge >= 0.3 is 0 Å². The van der Waals surface area contributed by atoms with Crippen LogP contribution >= 0.6 is 11.6 Å². The summed E-state index contributed by atoms with van der Waals surface area (Å²) in [7, 11) is 0. The molecular formula is C14H13ClF2N2. The number of nitrogens with two attached hydrogens (primary N) is 1. The number of halogens is 3. The molecule has 0 fully saturated rings. The van der Waals surface area contributed by atoms with Crippen LogP contribution in [0, 0.1) is 18.6 Å². The van der Waals surface area contributed by atoms with Crippen LogP contribution < -0.4 is 11.3 Å². The molecule has 5 heteroatoms. The highest BCUT2D eigenvalue weighted by Gasteiger charge is 2.17. The number of hydrogen-bond acceptors (Lipinski definition) is 2. The topological polar surface area (TPSA) is 38.0 Å². The first kappa shape index (κ1) is 13.9. The van der Waals surface area contributed by atoms with E-state index in [4.69, 9.17) is 17.4 Å². The second kappa shape index (κ2) is 5.65. The first-order valence-corrected chi connectivity index (χ1v) is 6.08. The van der Waals surface area contributed by atoms with E-state index in [1.165, 1.54) is 12.1 Å². The minimum atomic E-state index is -0.559. The van der Waals surface area contributed by atoms with Crippen molar-refractivity contribution >= 4 is 11.6 Å². The minimum absolute atomic E-state index is 0.309. The van der Waals surface area contributed by atoms with Crippen LogP contribution in [0.25, 0.3) is 0 Å². The van der Waals surface area contributed by atoms with Crippen molar-refractivity contribution in [3.05, 3.63) is 69.7 Å². The molecule has 2 rings (SSSR count). The molecule has 2 aromatic rings. The maximum atomic E-state index is 13.9. The first-order valence-electron chi connectivity index (χ1n) is 5.70. The van der Waals surface area contributed by atoms with Gasteiger partial charge in [-0.25, -0.2) is 14.2 Å². The number of aryl methyl sites for hydroxylation is 1. The van der Waals surface area contributed by atoms with E-state index in [0.717, 1.165) is 0 Å². The molecule has 0 aliphatic carbocycles. The lowest BCUT2D eigenvalue weighted by Crippen LogP contribution is -2.29. The van der Waals surface area contributed by atoms with Gasteiger partial charge in [0.15, 0.2) is 0 Å². The normalized spacial score (nSPS) is 12.5. The van der Waals surface area contributed by atoms with E-state index in [2.05, 4.69) is 5.43 Å². The molecule has 2 aromatic carbocycles. The highest BCUT2D eigenvalue weighted by atomic mass is 35.5. The molecular weight excluding hydrogens is 270 g/mol. The van der Waals surface area contributed by atoms with Crippen molar-refractivity contribution in [2.75, 3.05) is 0 Å². The van der Waals surface area contributed by atoms with E-state index in [-0.39, 0.29) is 5.82 Å². The van der Waals surface area contributed by atoms with Crippen LogP contribution in [-0.2, 0) is 0 Å². The third kappa shape index (κ3) is 2.92. The fourth-order valence-corrected chi connectivity index (χ4v) is 2.11. The molecule has 0 heterocycles. The van der Waals surface area contributed by atoms with Crippen molar-refractivity contribution in [1.29, 1.82) is 0 Å². The zero-order chi connectivity index (χ0) is 14.0. The molecule has 0 spiro atoms. The summed E-state index contributed by atoms with van der Waals surface area (Å²) in [6.45, 7) is 1.64. The fourth-order valence-electron chi connectivity index (χ4n) is 1.95. The largest absolute Gasteiger partial charge is 0.271 e. The monoisotopic (exact) mass is 282 g/mol. The van der Waals surface area contributed by atoms with E-state index in [9.17, 15) is 8.78 Å². The quantitative estimate of drug-likeness (QED) is 0.668. The molecule has 0 saturated carbocycles. The Morgan fingerprint density at radius 3 is 2.42 bits per heavy atom. The van der Waals surface area contributed by atoms with E-state index in [1.807, 2.05) is 0 Å². The van der Waals surface area contributed by atoms with Crippen LogP contribution in [0.4, 0.5) is 8.78 Å². The number of hydrazine groups is 1. The Labute approximate surface area is 115 Å². The summed E-state index contributed by atoms with van der Waals surface area (Å²) >= 11 is 5.72. The van der Waals surface area contributed by atoms with Gasteiger partial charge in [0, 0.05) is 10.6 Å². The van der Waals surface area contributed by atoms with E-state index >= 15 is 0 Å². The summed E-state index contributed by atoms with van der Waals surface area (Å²) in [5.41, 5.74) is 4.06. The zero-order valence-electron chi connectivity index (χ0n) is 10.3. The van der Waals surface area contributed by atoms with Crippen molar-refractivity contribution in [3.63, 3.8) is 0 Å². The van der Waals surface area contributed by atoms with Crippen molar-refractivity contribution < 1.29 is 8.78 Å². The van der Waals surface area contributed by atoms with E-state index in [1.54, 1.807) is 31.2 Å². The molecule has 0 radical (unpaired) electrons. The standard InChI is InChI=1S/C14H13ClF2N2/c1-8-6-9(2-5-12(8)16)14(19-18)11-4-3-10(15)7-13(11)17/h2-7,14,19H,18H2,1H3. The van der Waals surface area contributed by atoms with Crippen molar-refractivity contribution in [3.8, 4) is 0 Å². The molecule has 0 aliphatic heterocycles. The molecule has 0 aromatic heterocycles. The summed E-state index contributed by atoms with van der Waals surface area (Å²) in [6.07, 6.45) is 0. The Balaban J connectivity index is 2.46. The molecule has 19 heavy (non-hydrogen) atoms. The third-order valence-corrected chi connectivity index (χ3v) is 3.19. The molecule has 2 nitrogen and oxygen atoms in total. The summed E-state index contributed by atoms with van der Waals surface area (Å²) in [4.78, 5) is 0. The maximum Gasteiger partial charge on any atom is 0.129 e. The predicted octanol–water partition coefficient (Wildman–Crippen LogP) is 3.48. The molecule has 0 amide bonds. The van der Waals surface area contributed by atoms with Crippen molar-refractivity contribution in [2.24, 2.45) is 5.84 Å². The summed E-state index contributed by atoms with van der Waals surface area (Å²) in [5.74, 6) is 4.72. The Kier molecular flexibility index (Phi) is 4.14. The van der Waals surface area contributed by atoms with Crippen LogP contribution in [0.3, 0.4) is 0 Å². The summed E-state index contributed by atoms with van der Waals surface area (Å²) in [6, 6.07) is 8.34. The summed E-state index contributed by atoms with van der Waals surface area (Å²) < 4.78 is 27.2. The van der Waals surface area contributed by atoms with Gasteiger partial charge in [0.2, 0.25) is 0 Å². The van der Waals surface area contributed by atoms with Crippen LogP contribution in [-0.4, -0.2) is 0 Å². The van der Waals surface area contributed by atoms with Gasteiger partial charge < -0.3 is 0 Å². The Bertz CT molecular complexity index is 602. The van der Waals surface area contributed by atoms with Gasteiger partial charge in [-0.3, -0.25) is 5.84 Å². The van der Waals surface area contributed by atoms with Crippen LogP contribution in [0.2, 0.25) is 5.02 Å². The number of rotatable bonds is 3. The lowest BCUT2D eigenvalue weighted by molar-refractivity contribution is 0.558. The molecule has 3 N–H and O–H groups in total. The van der Waals surface area contributed by atoms with Gasteiger partial charge in [-0.1, -0.05) is 29.8 Å². The molecule has 0 saturated heterocycles. The number of nitrogens with one attached hydrogen (secondary N) is 1. The van der Waals surface area contributed by atoms with Gasteiger partial charge in [-0.2, -0.15) is 0 Å². The molecule has 100 valence electrons. The SMILES string of the molecule is Cc1cc(C(NN)c2ccc(Cl)cc2F)ccc1F. The Morgan fingerprint density at radius 2 is 1.84 bits per heavy atom. The first-order chi connectivity index (χ1) is 9.02. The highest BCUT2D eigenvalue weighted by molar-refractivity contribution is 6.30. The second-order valence-corrected chi connectivity index (χ2v) is 4.71. The van der Waals surface area contributed by atoms with E-state index < -0.39 is 11.9 Å². The lowest BCUT2D eigenvalue weighted by atomic mass is 9.97. The Morgan fingerprint density at radius 1 is 1.11 bits per heavy atom. The average Bonchev–Trinajstić information content (AvgIpc) is 2.37. The van der Waals surface area contributed by atoms with E-state index in [0.29, 0.717) is 21.7 Å². The van der Waals surface area contributed by atoms with Gasteiger partial charge in [0.05, 0.1) is 6.04 Å². The minimum Gasteiger partial charge on any atom is -0.271 e. The van der Waals surface area contributed by atoms with Gasteiger partial charge in [0.1, 0.15) is 11.6 Å². The lowest BCUT2D eigenvalue weighted by Gasteiger charge is -2.18. The maximum absolute atomic E-state index is 13.9.